The number of rotatable bonds is 11. The Balaban J connectivity index is 1.03. The Morgan fingerprint density at radius 1 is 1.15 bits per heavy atom. The minimum absolute atomic E-state index is 0.0583. The first-order valence-corrected chi connectivity index (χ1v) is 17.8. The Kier molecular flexibility index (Phi) is 10.0. The molecule has 4 aliphatic heterocycles. The fraction of sp³-hybridized carbons (Fsp3) is 0.656. The summed E-state index contributed by atoms with van der Waals surface area (Å²) < 4.78 is 60.2. The molecule has 1 amide bonds. The van der Waals surface area contributed by atoms with Gasteiger partial charge in [0.2, 0.25) is 0 Å². The summed E-state index contributed by atoms with van der Waals surface area (Å²) >= 11 is 0. The van der Waals surface area contributed by atoms with Crippen LogP contribution in [-0.4, -0.2) is 129 Å². The number of anilines is 1. The smallest absolute Gasteiger partial charge is 0.279 e. The Hall–Kier alpha value is -2.95. The summed E-state index contributed by atoms with van der Waals surface area (Å²) in [5.41, 5.74) is 0.335. The van der Waals surface area contributed by atoms with Gasteiger partial charge in [-0.15, -0.1) is 0 Å². The molecule has 0 radical (unpaired) electrons. The monoisotopic (exact) mass is 675 g/mol. The van der Waals surface area contributed by atoms with Crippen molar-refractivity contribution in [1.29, 1.82) is 0 Å². The number of nitrogens with zero attached hydrogens (tertiary/aromatic N) is 6. The quantitative estimate of drug-likeness (QED) is 0.380. The Morgan fingerprint density at radius 2 is 1.89 bits per heavy atom. The molecule has 1 aromatic carbocycles. The number of carbonyl (C=O) groups is 1. The van der Waals surface area contributed by atoms with Crippen molar-refractivity contribution in [3.8, 4) is 11.5 Å². The van der Waals surface area contributed by atoms with Crippen molar-refractivity contribution in [3.05, 3.63) is 42.1 Å². The maximum atomic E-state index is 14.4. The first-order valence-electron chi connectivity index (χ1n) is 16.4. The molecule has 2 atom stereocenters. The van der Waals surface area contributed by atoms with E-state index in [0.29, 0.717) is 31.4 Å². The number of likely N-dealkylation sites (tertiary alicyclic amines) is 1. The van der Waals surface area contributed by atoms with Crippen molar-refractivity contribution in [2.75, 3.05) is 71.5 Å². The molecule has 0 unspecified atom stereocenters. The van der Waals surface area contributed by atoms with E-state index in [0.717, 1.165) is 58.4 Å². The van der Waals surface area contributed by atoms with Crippen LogP contribution in [0.25, 0.3) is 0 Å². The van der Waals surface area contributed by atoms with Gasteiger partial charge in [0.1, 0.15) is 17.9 Å². The van der Waals surface area contributed by atoms with Crippen LogP contribution in [0.2, 0.25) is 0 Å². The molecule has 5 heterocycles. The molecule has 13 nitrogen and oxygen atoms in total. The van der Waals surface area contributed by atoms with E-state index in [1.165, 1.54) is 42.9 Å². The zero-order chi connectivity index (χ0) is 33.3. The highest BCUT2D eigenvalue weighted by molar-refractivity contribution is 7.87. The van der Waals surface area contributed by atoms with Gasteiger partial charge < -0.3 is 28.9 Å². The number of benzene rings is 1. The van der Waals surface area contributed by atoms with Crippen LogP contribution < -0.4 is 14.4 Å². The normalized spacial score (nSPS) is 23.5. The molecular formula is C32H46FN7O6S. The van der Waals surface area contributed by atoms with Crippen molar-refractivity contribution in [1.82, 2.24) is 28.8 Å². The fourth-order valence-corrected chi connectivity index (χ4v) is 7.75. The number of aromatic nitrogens is 2. The maximum absolute atomic E-state index is 14.4. The molecule has 0 bridgehead atoms. The van der Waals surface area contributed by atoms with Crippen LogP contribution in [-0.2, 0) is 19.7 Å². The number of carbonyl (C=O) groups excluding carboxylic acids is 1. The number of nitrogens with one attached hydrogen (secondary N) is 1. The van der Waals surface area contributed by atoms with E-state index in [9.17, 15) is 17.6 Å². The van der Waals surface area contributed by atoms with Crippen LogP contribution in [0.3, 0.4) is 0 Å². The lowest BCUT2D eigenvalue weighted by Crippen LogP contribution is -2.61. The first kappa shape index (κ1) is 33.9. The van der Waals surface area contributed by atoms with E-state index in [1.54, 1.807) is 11.1 Å². The average molecular weight is 676 g/mol. The fourth-order valence-electron chi connectivity index (χ4n) is 6.93. The minimum atomic E-state index is -3.47. The van der Waals surface area contributed by atoms with Gasteiger partial charge in [-0.2, -0.15) is 17.4 Å². The highest BCUT2D eigenvalue weighted by Crippen LogP contribution is 2.45. The molecule has 0 aliphatic carbocycles. The van der Waals surface area contributed by atoms with Gasteiger partial charge in [0.15, 0.2) is 11.6 Å². The lowest BCUT2D eigenvalue weighted by molar-refractivity contribution is -0.0623. The van der Waals surface area contributed by atoms with Gasteiger partial charge in [-0.3, -0.25) is 4.79 Å². The number of ether oxygens (including phenoxy) is 3. The van der Waals surface area contributed by atoms with Crippen LogP contribution in [0.4, 0.5) is 10.2 Å². The maximum Gasteiger partial charge on any atom is 0.279 e. The Labute approximate surface area is 276 Å². The highest BCUT2D eigenvalue weighted by Gasteiger charge is 2.46. The third kappa shape index (κ3) is 7.55. The summed E-state index contributed by atoms with van der Waals surface area (Å²) in [6, 6.07) is 3.65. The highest BCUT2D eigenvalue weighted by atomic mass is 32.2. The van der Waals surface area contributed by atoms with E-state index in [1.807, 2.05) is 13.8 Å². The van der Waals surface area contributed by atoms with Crippen LogP contribution in [0.5, 0.6) is 11.5 Å². The van der Waals surface area contributed by atoms with Crippen LogP contribution in [0.15, 0.2) is 30.7 Å². The standard InChI is InChI=1S/C32H46FN7O6S/c1-22(2)40(25-17-44-18-25)31(41)27-13-23(33)5-8-28(27)46-29-14-34-21-35-30(29)39-19-32(20-39)9-11-38(12-10-32)15-26-7-6-24(16-45-26)36-47(42,43)37(3)4/h5,8,13-14,21-22,24-26,36H,6-7,9-12,15-20H2,1-4H3/t24-,26+/m1/s1. The molecular weight excluding hydrogens is 629 g/mol. The third-order valence-electron chi connectivity index (χ3n) is 9.75. The Bertz CT molecular complexity index is 1520. The second-order valence-corrected chi connectivity index (χ2v) is 15.7. The zero-order valence-corrected chi connectivity index (χ0v) is 28.4. The second kappa shape index (κ2) is 13.9. The van der Waals surface area contributed by atoms with Crippen molar-refractivity contribution >= 4 is 21.9 Å². The molecule has 1 N–H and O–H groups in total. The first-order chi connectivity index (χ1) is 22.4. The molecule has 1 spiro atoms. The zero-order valence-electron chi connectivity index (χ0n) is 27.6. The molecule has 15 heteroatoms. The molecule has 4 fully saturated rings. The van der Waals surface area contributed by atoms with Crippen molar-refractivity contribution in [2.24, 2.45) is 5.41 Å². The molecule has 0 saturated carbocycles. The SMILES string of the molecule is CC(C)N(C(=O)c1cc(F)ccc1Oc1cncnc1N1CC2(CCN(C[C@@H]3CC[C@@H](NS(=O)(=O)N(C)C)CO3)CC2)C1)C1COC1. The van der Waals surface area contributed by atoms with E-state index < -0.39 is 16.0 Å². The predicted octanol–water partition coefficient (Wildman–Crippen LogP) is 2.50. The number of hydrogen-bond acceptors (Lipinski definition) is 10. The molecule has 258 valence electrons. The number of amides is 1. The van der Waals surface area contributed by atoms with E-state index in [2.05, 4.69) is 24.5 Å². The van der Waals surface area contributed by atoms with Crippen LogP contribution in [0.1, 0.15) is 49.9 Å². The summed E-state index contributed by atoms with van der Waals surface area (Å²) in [7, 11) is -0.441. The van der Waals surface area contributed by atoms with Gasteiger partial charge in [-0.1, -0.05) is 0 Å². The summed E-state index contributed by atoms with van der Waals surface area (Å²) in [6.45, 7) is 9.61. The third-order valence-corrected chi connectivity index (χ3v) is 11.3. The lowest BCUT2D eigenvalue weighted by atomic mass is 9.72. The molecule has 4 saturated heterocycles. The van der Waals surface area contributed by atoms with Gasteiger partial charge in [0.25, 0.3) is 16.1 Å². The van der Waals surface area contributed by atoms with Gasteiger partial charge in [0, 0.05) is 51.2 Å². The molecule has 6 rings (SSSR count). The second-order valence-electron chi connectivity index (χ2n) is 13.7. The minimum Gasteiger partial charge on any atom is -0.451 e. The topological polar surface area (TPSA) is 130 Å². The van der Waals surface area contributed by atoms with E-state index >= 15 is 0 Å². The molecule has 4 aliphatic rings. The van der Waals surface area contributed by atoms with Gasteiger partial charge in [-0.25, -0.2) is 14.4 Å². The predicted molar refractivity (Wildman–Crippen MR) is 173 cm³/mol. The summed E-state index contributed by atoms with van der Waals surface area (Å²) in [5, 5.41) is 0. The Morgan fingerprint density at radius 3 is 2.51 bits per heavy atom. The molecule has 47 heavy (non-hydrogen) atoms. The number of hydrogen-bond donors (Lipinski definition) is 1. The summed E-state index contributed by atoms with van der Waals surface area (Å²) in [4.78, 5) is 28.7. The van der Waals surface area contributed by atoms with E-state index in [-0.39, 0.29) is 46.9 Å². The van der Waals surface area contributed by atoms with Gasteiger partial charge in [0.05, 0.1) is 43.7 Å². The van der Waals surface area contributed by atoms with Crippen LogP contribution in [0, 0.1) is 11.2 Å². The summed E-state index contributed by atoms with van der Waals surface area (Å²) in [5.74, 6) is 0.515. The molecule has 2 aromatic rings. The summed E-state index contributed by atoms with van der Waals surface area (Å²) in [6.07, 6.45) is 6.86. The molecule has 1 aromatic heterocycles. The largest absolute Gasteiger partial charge is 0.451 e. The van der Waals surface area contributed by atoms with Crippen LogP contribution >= 0.6 is 0 Å². The average Bonchev–Trinajstić information content (AvgIpc) is 3.00. The van der Waals surface area contributed by atoms with E-state index in [4.69, 9.17) is 14.2 Å². The van der Waals surface area contributed by atoms with Gasteiger partial charge >= 0.3 is 0 Å². The van der Waals surface area contributed by atoms with Gasteiger partial charge in [-0.05, 0) is 70.8 Å². The lowest BCUT2D eigenvalue weighted by Gasteiger charge is -2.54. The van der Waals surface area contributed by atoms with Crippen molar-refractivity contribution < 1.29 is 31.8 Å². The number of halogens is 1. The van der Waals surface area contributed by atoms with Crippen molar-refractivity contribution in [2.45, 2.75) is 63.8 Å². The van der Waals surface area contributed by atoms with Crippen molar-refractivity contribution in [3.63, 3.8) is 0 Å². The number of piperidine rings is 1.